The maximum Gasteiger partial charge on any atom is 0.287 e. The first-order chi connectivity index (χ1) is 13.2. The van der Waals surface area contributed by atoms with E-state index in [-0.39, 0.29) is 18.8 Å². The summed E-state index contributed by atoms with van der Waals surface area (Å²) in [4.78, 5) is 40.7. The molecule has 1 amide bonds. The Balaban J connectivity index is 2.21. The molecule has 7 nitrogen and oxygen atoms in total. The minimum atomic E-state index is -1.45. The molecule has 0 bridgehead atoms. The zero-order valence-electron chi connectivity index (χ0n) is 14.9. The maximum atomic E-state index is 12.7. The second-order valence-electron chi connectivity index (χ2n) is 5.46. The number of aromatic nitrogens is 1. The number of nitrogens with one attached hydrogen (secondary N) is 1. The van der Waals surface area contributed by atoms with Crippen molar-refractivity contribution in [1.82, 2.24) is 15.4 Å². The van der Waals surface area contributed by atoms with E-state index >= 15 is 0 Å². The van der Waals surface area contributed by atoms with Crippen molar-refractivity contribution in [3.05, 3.63) is 72.1 Å². The van der Waals surface area contributed by atoms with Gasteiger partial charge in [-0.1, -0.05) is 42.5 Å². The average molecular weight is 366 g/mol. The van der Waals surface area contributed by atoms with Crippen LogP contribution >= 0.6 is 0 Å². The summed E-state index contributed by atoms with van der Waals surface area (Å²) in [6.45, 7) is 0.508. The van der Waals surface area contributed by atoms with Gasteiger partial charge in [-0.3, -0.25) is 24.4 Å². The molecule has 0 saturated carbocycles. The number of hydrogen-bond donors (Lipinski definition) is 1. The van der Waals surface area contributed by atoms with E-state index in [1.54, 1.807) is 24.5 Å². The lowest BCUT2D eigenvalue weighted by molar-refractivity contribution is -0.117. The Morgan fingerprint density at radius 3 is 2.59 bits per heavy atom. The largest absolute Gasteiger partial charge is 0.383 e. The van der Waals surface area contributed by atoms with E-state index in [1.807, 2.05) is 30.3 Å². The van der Waals surface area contributed by atoms with Gasteiger partial charge >= 0.3 is 0 Å². The number of carbonyl (C=O) groups excluding carboxylic acids is 3. The Morgan fingerprint density at radius 2 is 1.96 bits per heavy atom. The number of pyridine rings is 1. The van der Waals surface area contributed by atoms with Gasteiger partial charge in [0, 0.05) is 19.9 Å². The van der Waals surface area contributed by atoms with Crippen LogP contribution in [0.3, 0.4) is 0 Å². The number of amides is 1. The van der Waals surface area contributed by atoms with E-state index in [4.69, 9.17) is 4.74 Å². The number of nitrogens with zero attached hydrogens (tertiary/aromatic N) is 2. The molecule has 0 aliphatic rings. The van der Waals surface area contributed by atoms with Gasteiger partial charge in [0.2, 0.25) is 6.29 Å². The quantitative estimate of drug-likeness (QED) is 0.296. The molecule has 1 N–H and O–H groups in total. The van der Waals surface area contributed by atoms with E-state index in [0.29, 0.717) is 0 Å². The highest BCUT2D eigenvalue weighted by atomic mass is 16.5. The van der Waals surface area contributed by atoms with E-state index in [2.05, 4.69) is 10.4 Å². The van der Waals surface area contributed by atoms with Crippen LogP contribution in [0.5, 0.6) is 0 Å². The highest BCUT2D eigenvalue weighted by Crippen LogP contribution is 2.07. The van der Waals surface area contributed by atoms with Crippen LogP contribution in [0, 0.1) is 0 Å². The maximum absolute atomic E-state index is 12.7. The molecular formula is C20H20N3O4. The molecule has 1 heterocycles. The fourth-order valence-electron chi connectivity index (χ4n) is 2.23. The molecule has 0 saturated heterocycles. The molecule has 1 atom stereocenters. The summed E-state index contributed by atoms with van der Waals surface area (Å²) >= 11 is 0. The number of benzene rings is 1. The standard InChI is InChI=1S/C20H20N3O4/c1-27-14-13-22-23(20(26)17-9-5-6-12-21-17)18(15-24)19(25)11-10-16-7-3-2-4-8-16/h2-12,18,22H,13-14H2,1H3. The van der Waals surface area contributed by atoms with Crippen LogP contribution in [-0.4, -0.2) is 54.3 Å². The van der Waals surface area contributed by atoms with E-state index in [0.717, 1.165) is 10.6 Å². The molecule has 2 rings (SSSR count). The number of rotatable bonds is 10. The molecule has 7 heteroatoms. The molecule has 0 fully saturated rings. The van der Waals surface area contributed by atoms with Crippen molar-refractivity contribution in [1.29, 1.82) is 0 Å². The molecule has 1 aromatic heterocycles. The Bertz CT molecular complexity index is 778. The lowest BCUT2D eigenvalue weighted by Crippen LogP contribution is -2.54. The molecule has 1 unspecified atom stereocenters. The molecule has 27 heavy (non-hydrogen) atoms. The lowest BCUT2D eigenvalue weighted by Gasteiger charge is -2.26. The Kier molecular flexibility index (Phi) is 8.02. The zero-order valence-corrected chi connectivity index (χ0v) is 14.9. The first-order valence-corrected chi connectivity index (χ1v) is 8.29. The lowest BCUT2D eigenvalue weighted by atomic mass is 10.1. The second-order valence-corrected chi connectivity index (χ2v) is 5.46. The van der Waals surface area contributed by atoms with Crippen molar-refractivity contribution < 1.29 is 19.1 Å². The van der Waals surface area contributed by atoms with Crippen molar-refractivity contribution in [3.63, 3.8) is 0 Å². The summed E-state index contributed by atoms with van der Waals surface area (Å²) in [7, 11) is 1.50. The van der Waals surface area contributed by atoms with Gasteiger partial charge in [0.1, 0.15) is 5.69 Å². The fraction of sp³-hybridized carbons (Fsp3) is 0.200. The summed E-state index contributed by atoms with van der Waals surface area (Å²) in [6.07, 6.45) is 5.92. The molecule has 2 aromatic rings. The van der Waals surface area contributed by atoms with Crippen LogP contribution in [0.25, 0.3) is 6.08 Å². The summed E-state index contributed by atoms with van der Waals surface area (Å²) in [5, 5.41) is 0.937. The smallest absolute Gasteiger partial charge is 0.287 e. The van der Waals surface area contributed by atoms with Gasteiger partial charge in [0.05, 0.1) is 6.61 Å². The molecule has 1 radical (unpaired) electrons. The van der Waals surface area contributed by atoms with Crippen LogP contribution in [0.1, 0.15) is 16.1 Å². The molecular weight excluding hydrogens is 346 g/mol. The normalized spacial score (nSPS) is 11.9. The summed E-state index contributed by atoms with van der Waals surface area (Å²) < 4.78 is 4.94. The van der Waals surface area contributed by atoms with Crippen LogP contribution in [0.2, 0.25) is 0 Å². The first kappa shape index (κ1) is 20.2. The van der Waals surface area contributed by atoms with E-state index in [1.165, 1.54) is 25.4 Å². The van der Waals surface area contributed by atoms with Gasteiger partial charge in [0.25, 0.3) is 5.91 Å². The van der Waals surface area contributed by atoms with E-state index < -0.39 is 17.7 Å². The molecule has 0 aliphatic heterocycles. The van der Waals surface area contributed by atoms with Crippen molar-refractivity contribution in [2.75, 3.05) is 20.3 Å². The summed E-state index contributed by atoms with van der Waals surface area (Å²) in [5.74, 6) is -1.19. The van der Waals surface area contributed by atoms with Gasteiger partial charge in [-0.2, -0.15) is 0 Å². The van der Waals surface area contributed by atoms with Crippen molar-refractivity contribution in [2.24, 2.45) is 0 Å². The minimum Gasteiger partial charge on any atom is -0.383 e. The van der Waals surface area contributed by atoms with Crippen LogP contribution in [0.15, 0.2) is 60.8 Å². The summed E-state index contributed by atoms with van der Waals surface area (Å²) in [6, 6.07) is 12.5. The number of hydrazine groups is 1. The molecule has 0 aliphatic carbocycles. The second kappa shape index (κ2) is 10.7. The Hall–Kier alpha value is -3.16. The number of hydrogen-bond acceptors (Lipinski definition) is 6. The third-order valence-corrected chi connectivity index (χ3v) is 3.57. The Morgan fingerprint density at radius 1 is 1.22 bits per heavy atom. The van der Waals surface area contributed by atoms with Gasteiger partial charge in [-0.05, 0) is 23.8 Å². The highest BCUT2D eigenvalue weighted by Gasteiger charge is 2.30. The average Bonchev–Trinajstić information content (AvgIpc) is 2.72. The van der Waals surface area contributed by atoms with Crippen molar-refractivity contribution in [3.8, 4) is 0 Å². The molecule has 139 valence electrons. The predicted molar refractivity (Wildman–Crippen MR) is 100 cm³/mol. The Labute approximate surface area is 157 Å². The van der Waals surface area contributed by atoms with E-state index in [9.17, 15) is 14.4 Å². The van der Waals surface area contributed by atoms with Crippen molar-refractivity contribution in [2.45, 2.75) is 6.04 Å². The first-order valence-electron chi connectivity index (χ1n) is 8.29. The number of ether oxygens (including phenoxy) is 1. The van der Waals surface area contributed by atoms with Crippen LogP contribution < -0.4 is 5.43 Å². The van der Waals surface area contributed by atoms with Gasteiger partial charge in [-0.25, -0.2) is 5.43 Å². The highest BCUT2D eigenvalue weighted by molar-refractivity contribution is 6.09. The monoisotopic (exact) mass is 366 g/mol. The third-order valence-electron chi connectivity index (χ3n) is 3.57. The number of methoxy groups -OCH3 is 1. The number of ketones is 1. The van der Waals surface area contributed by atoms with Crippen molar-refractivity contribution >= 4 is 24.1 Å². The van der Waals surface area contributed by atoms with Crippen LogP contribution in [-0.2, 0) is 14.3 Å². The number of carbonyl (C=O) groups is 2. The SMILES string of the molecule is COCCNN(C(=O)c1ccccn1)C([C]=O)C(=O)C=Cc1ccccc1. The minimum absolute atomic E-state index is 0.0995. The van der Waals surface area contributed by atoms with Gasteiger partial charge in [-0.15, -0.1) is 0 Å². The topological polar surface area (TPSA) is 88.6 Å². The summed E-state index contributed by atoms with van der Waals surface area (Å²) in [5.41, 5.74) is 3.65. The zero-order chi connectivity index (χ0) is 19.5. The van der Waals surface area contributed by atoms with Gasteiger partial charge in [0.15, 0.2) is 11.8 Å². The predicted octanol–water partition coefficient (Wildman–Crippen LogP) is 1.44. The molecule has 0 spiro atoms. The third kappa shape index (κ3) is 5.95. The van der Waals surface area contributed by atoms with Gasteiger partial charge < -0.3 is 4.74 Å². The van der Waals surface area contributed by atoms with Crippen LogP contribution in [0.4, 0.5) is 0 Å². The fourth-order valence-corrected chi connectivity index (χ4v) is 2.23. The molecule has 1 aromatic carbocycles.